The van der Waals surface area contributed by atoms with Gasteiger partial charge in [-0.1, -0.05) is 30.3 Å². The fraction of sp³-hybridized carbons (Fsp3) is 0.238. The van der Waals surface area contributed by atoms with E-state index >= 15 is 0 Å². The molecule has 1 saturated heterocycles. The van der Waals surface area contributed by atoms with E-state index < -0.39 is 10.0 Å². The molecule has 31 heavy (non-hydrogen) atoms. The Morgan fingerprint density at radius 3 is 2.45 bits per heavy atom. The molecule has 1 aliphatic heterocycles. The number of sulfonamides is 1. The van der Waals surface area contributed by atoms with Gasteiger partial charge in [0.05, 0.1) is 17.6 Å². The number of rotatable bonds is 6. The van der Waals surface area contributed by atoms with Gasteiger partial charge in [0, 0.05) is 37.3 Å². The SMILES string of the molecule is O=C(CN1CCN(S(=O)(=O)/C=C/c2ccccc2)CC1)Nc1ccc2[nH]c(=O)[nH]c2c1. The number of nitrogens with zero attached hydrogens (tertiary/aromatic N) is 2. The molecule has 0 radical (unpaired) electrons. The van der Waals surface area contributed by atoms with Crippen LogP contribution in [0, 0.1) is 0 Å². The van der Waals surface area contributed by atoms with E-state index in [-0.39, 0.29) is 18.1 Å². The van der Waals surface area contributed by atoms with Gasteiger partial charge in [0.1, 0.15) is 0 Å². The van der Waals surface area contributed by atoms with Gasteiger partial charge in [-0.2, -0.15) is 4.31 Å². The van der Waals surface area contributed by atoms with Crippen LogP contribution >= 0.6 is 0 Å². The molecule has 10 heteroatoms. The maximum Gasteiger partial charge on any atom is 0.323 e. The molecule has 3 N–H and O–H groups in total. The molecule has 3 aromatic rings. The van der Waals surface area contributed by atoms with Crippen LogP contribution in [0.3, 0.4) is 0 Å². The van der Waals surface area contributed by atoms with Crippen molar-refractivity contribution in [2.75, 3.05) is 38.0 Å². The molecule has 1 aromatic heterocycles. The first kappa shape index (κ1) is 21.0. The molecule has 1 fully saturated rings. The van der Waals surface area contributed by atoms with Crippen molar-refractivity contribution in [2.24, 2.45) is 0 Å². The van der Waals surface area contributed by atoms with Crippen molar-refractivity contribution in [1.82, 2.24) is 19.2 Å². The third-order valence-corrected chi connectivity index (χ3v) is 6.66. The number of anilines is 1. The highest BCUT2D eigenvalue weighted by Gasteiger charge is 2.26. The summed E-state index contributed by atoms with van der Waals surface area (Å²) in [5, 5.41) is 4.04. The molecule has 0 spiro atoms. The molecule has 162 valence electrons. The van der Waals surface area contributed by atoms with Crippen LogP contribution in [0.1, 0.15) is 5.56 Å². The van der Waals surface area contributed by atoms with E-state index in [0.717, 1.165) is 5.56 Å². The van der Waals surface area contributed by atoms with Crippen molar-refractivity contribution < 1.29 is 13.2 Å². The number of fused-ring (bicyclic) bond motifs is 1. The van der Waals surface area contributed by atoms with Gasteiger partial charge in [-0.3, -0.25) is 9.69 Å². The molecule has 0 unspecified atom stereocenters. The highest BCUT2D eigenvalue weighted by molar-refractivity contribution is 7.92. The maximum atomic E-state index is 12.6. The predicted molar refractivity (Wildman–Crippen MR) is 120 cm³/mol. The number of nitrogens with one attached hydrogen (secondary N) is 3. The number of benzene rings is 2. The Morgan fingerprint density at radius 1 is 1.00 bits per heavy atom. The second kappa shape index (κ2) is 8.88. The van der Waals surface area contributed by atoms with Gasteiger partial charge in [-0.15, -0.1) is 0 Å². The van der Waals surface area contributed by atoms with Gasteiger partial charge in [0.25, 0.3) is 0 Å². The molecule has 0 atom stereocenters. The monoisotopic (exact) mass is 441 g/mol. The standard InChI is InChI=1S/C21H23N5O4S/c27-20(22-17-6-7-18-19(14-17)24-21(28)23-18)15-25-9-11-26(12-10-25)31(29,30)13-8-16-4-2-1-3-5-16/h1-8,13-14H,9-12,15H2,(H,22,27)(H2,23,24,28)/b13-8+. The number of hydrogen-bond donors (Lipinski definition) is 3. The van der Waals surface area contributed by atoms with Crippen LogP contribution < -0.4 is 11.0 Å². The minimum Gasteiger partial charge on any atom is -0.325 e. The predicted octanol–water partition coefficient (Wildman–Crippen LogP) is 1.41. The summed E-state index contributed by atoms with van der Waals surface area (Å²) < 4.78 is 26.5. The van der Waals surface area contributed by atoms with Crippen LogP contribution in [0.5, 0.6) is 0 Å². The van der Waals surface area contributed by atoms with Crippen molar-refractivity contribution in [1.29, 1.82) is 0 Å². The first-order chi connectivity index (χ1) is 14.9. The lowest BCUT2D eigenvalue weighted by molar-refractivity contribution is -0.117. The number of carbonyl (C=O) groups excluding carboxylic acids is 1. The summed E-state index contributed by atoms with van der Waals surface area (Å²) in [5.74, 6) is -0.197. The first-order valence-corrected chi connectivity index (χ1v) is 11.4. The van der Waals surface area contributed by atoms with E-state index in [1.54, 1.807) is 24.3 Å². The minimum absolute atomic E-state index is 0.162. The summed E-state index contributed by atoms with van der Waals surface area (Å²) in [5.41, 5.74) is 2.39. The van der Waals surface area contributed by atoms with Crippen LogP contribution in [0.4, 0.5) is 5.69 Å². The van der Waals surface area contributed by atoms with Crippen LogP contribution in [-0.2, 0) is 14.8 Å². The number of hydrogen-bond acceptors (Lipinski definition) is 5. The average molecular weight is 442 g/mol. The normalized spacial score (nSPS) is 16.1. The number of amides is 1. The van der Waals surface area contributed by atoms with E-state index in [2.05, 4.69) is 15.3 Å². The number of imidazole rings is 1. The molecule has 1 amide bonds. The Bertz CT molecular complexity index is 1260. The Labute approximate surface area is 179 Å². The van der Waals surface area contributed by atoms with E-state index in [1.807, 2.05) is 35.2 Å². The van der Waals surface area contributed by atoms with Gasteiger partial charge in [0.15, 0.2) is 0 Å². The van der Waals surface area contributed by atoms with E-state index in [0.29, 0.717) is 42.9 Å². The summed E-state index contributed by atoms with van der Waals surface area (Å²) in [7, 11) is -3.51. The number of piperazine rings is 1. The third-order valence-electron chi connectivity index (χ3n) is 5.09. The smallest absolute Gasteiger partial charge is 0.323 e. The number of aromatic nitrogens is 2. The summed E-state index contributed by atoms with van der Waals surface area (Å²) in [6.45, 7) is 1.75. The van der Waals surface area contributed by atoms with E-state index in [4.69, 9.17) is 0 Å². The highest BCUT2D eigenvalue weighted by Crippen LogP contribution is 2.15. The quantitative estimate of drug-likeness (QED) is 0.535. The van der Waals surface area contributed by atoms with Crippen molar-refractivity contribution in [3.63, 3.8) is 0 Å². The molecule has 0 aliphatic carbocycles. The van der Waals surface area contributed by atoms with Gasteiger partial charge < -0.3 is 15.3 Å². The molecular weight excluding hydrogens is 418 g/mol. The molecule has 0 saturated carbocycles. The van der Waals surface area contributed by atoms with Crippen molar-refractivity contribution in [2.45, 2.75) is 0 Å². The fourth-order valence-electron chi connectivity index (χ4n) is 3.47. The second-order valence-corrected chi connectivity index (χ2v) is 9.14. The Hall–Kier alpha value is -3.21. The number of carbonyl (C=O) groups is 1. The fourth-order valence-corrected chi connectivity index (χ4v) is 4.64. The second-order valence-electron chi connectivity index (χ2n) is 7.32. The number of aromatic amines is 2. The lowest BCUT2D eigenvalue weighted by Gasteiger charge is -2.32. The zero-order valence-electron chi connectivity index (χ0n) is 16.7. The van der Waals surface area contributed by atoms with E-state index in [1.165, 1.54) is 9.71 Å². The summed E-state index contributed by atoms with van der Waals surface area (Å²) in [6.07, 6.45) is 1.59. The summed E-state index contributed by atoms with van der Waals surface area (Å²) in [4.78, 5) is 30.9. The maximum absolute atomic E-state index is 12.6. The Morgan fingerprint density at radius 2 is 1.71 bits per heavy atom. The number of H-pyrrole nitrogens is 2. The van der Waals surface area contributed by atoms with Gasteiger partial charge in [-0.25, -0.2) is 13.2 Å². The van der Waals surface area contributed by atoms with Crippen LogP contribution in [0.25, 0.3) is 17.1 Å². The van der Waals surface area contributed by atoms with Crippen LogP contribution in [-0.4, -0.2) is 66.2 Å². The van der Waals surface area contributed by atoms with Crippen LogP contribution in [0.2, 0.25) is 0 Å². The Balaban J connectivity index is 1.29. The lowest BCUT2D eigenvalue weighted by Crippen LogP contribution is -2.49. The first-order valence-electron chi connectivity index (χ1n) is 9.87. The summed E-state index contributed by atoms with van der Waals surface area (Å²) in [6, 6.07) is 14.4. The molecule has 2 aromatic carbocycles. The topological polar surface area (TPSA) is 118 Å². The zero-order chi connectivity index (χ0) is 21.8. The van der Waals surface area contributed by atoms with Gasteiger partial charge >= 0.3 is 5.69 Å². The molecule has 4 rings (SSSR count). The largest absolute Gasteiger partial charge is 0.325 e. The summed E-state index contributed by atoms with van der Waals surface area (Å²) >= 11 is 0. The van der Waals surface area contributed by atoms with E-state index in [9.17, 15) is 18.0 Å². The zero-order valence-corrected chi connectivity index (χ0v) is 17.6. The van der Waals surface area contributed by atoms with Crippen molar-refractivity contribution in [3.8, 4) is 0 Å². The van der Waals surface area contributed by atoms with Gasteiger partial charge in [-0.05, 0) is 29.8 Å². The lowest BCUT2D eigenvalue weighted by atomic mass is 10.2. The van der Waals surface area contributed by atoms with Gasteiger partial charge in [0.2, 0.25) is 15.9 Å². The molecule has 9 nitrogen and oxygen atoms in total. The molecule has 1 aliphatic rings. The van der Waals surface area contributed by atoms with Crippen molar-refractivity contribution in [3.05, 3.63) is 70.0 Å². The average Bonchev–Trinajstić information content (AvgIpc) is 3.13. The molecule has 2 heterocycles. The molecular formula is C21H23N5O4S. The van der Waals surface area contributed by atoms with Crippen molar-refractivity contribution >= 4 is 38.7 Å². The highest BCUT2D eigenvalue weighted by atomic mass is 32.2. The molecule has 0 bridgehead atoms. The third kappa shape index (κ3) is 5.29. The Kier molecular flexibility index (Phi) is 6.03. The van der Waals surface area contributed by atoms with Crippen LogP contribution in [0.15, 0.2) is 58.7 Å². The minimum atomic E-state index is -3.51.